The Morgan fingerprint density at radius 1 is 0.293 bits per heavy atom. The Kier molecular flexibility index (Phi) is 8.07. The first-order chi connectivity index (χ1) is 28.7. The first-order valence-electron chi connectivity index (χ1n) is 19.4. The molecule has 5 nitrogen and oxygen atoms in total. The van der Waals surface area contributed by atoms with Crippen molar-refractivity contribution in [2.24, 2.45) is 0 Å². The molecular weight excluding hydrogens is 707 g/mol. The molecule has 0 bridgehead atoms. The summed E-state index contributed by atoms with van der Waals surface area (Å²) in [5.41, 5.74) is 16.7. The van der Waals surface area contributed by atoms with Gasteiger partial charge < -0.3 is 0 Å². The van der Waals surface area contributed by atoms with E-state index in [1.54, 1.807) is 6.20 Å². The third-order valence-corrected chi connectivity index (χ3v) is 11.0. The van der Waals surface area contributed by atoms with E-state index < -0.39 is 0 Å². The standard InChI is InChI=1S/C53H33N5/c1-3-12-51-46(10-1)44(22-25-55-51)41-29-42(45-23-26-56-52-13-4-2-11-47(45)52)31-43(30-41)50-21-18-39-28-36(17-20-49(39)57-50)37-15-14-34-16-19-48(58-53(34)32-37)38-8-5-7-35(27-38)40-9-6-24-54-33-40/h1-33H. The van der Waals surface area contributed by atoms with Gasteiger partial charge in [0.25, 0.3) is 0 Å². The van der Waals surface area contributed by atoms with Crippen molar-refractivity contribution in [3.05, 3.63) is 201 Å². The molecule has 0 unspecified atom stereocenters. The van der Waals surface area contributed by atoms with E-state index >= 15 is 0 Å². The van der Waals surface area contributed by atoms with E-state index in [0.717, 1.165) is 111 Å². The second-order valence-electron chi connectivity index (χ2n) is 14.6. The molecule has 0 aliphatic heterocycles. The zero-order valence-electron chi connectivity index (χ0n) is 31.3. The molecular formula is C53H33N5. The molecule has 11 aromatic rings. The van der Waals surface area contributed by atoms with Crippen LogP contribution in [-0.2, 0) is 0 Å². The Morgan fingerprint density at radius 3 is 1.60 bits per heavy atom. The fourth-order valence-corrected chi connectivity index (χ4v) is 8.10. The van der Waals surface area contributed by atoms with Gasteiger partial charge in [-0.15, -0.1) is 0 Å². The van der Waals surface area contributed by atoms with Gasteiger partial charge in [0, 0.05) is 63.0 Å². The molecule has 0 saturated heterocycles. The normalized spacial score (nSPS) is 11.4. The minimum absolute atomic E-state index is 0.912. The zero-order chi connectivity index (χ0) is 38.4. The van der Waals surface area contributed by atoms with Gasteiger partial charge in [-0.05, 0) is 124 Å². The smallest absolute Gasteiger partial charge is 0.0715 e. The molecule has 0 amide bonds. The Morgan fingerprint density at radius 2 is 0.862 bits per heavy atom. The fraction of sp³-hybridized carbons (Fsp3) is 0. The zero-order valence-corrected chi connectivity index (χ0v) is 31.3. The highest BCUT2D eigenvalue weighted by molar-refractivity contribution is 6.00. The number of hydrogen-bond donors (Lipinski definition) is 0. The minimum atomic E-state index is 0.912. The van der Waals surface area contributed by atoms with Crippen LogP contribution in [0.25, 0.3) is 111 Å². The maximum Gasteiger partial charge on any atom is 0.0715 e. The Hall–Kier alpha value is -7.89. The predicted molar refractivity (Wildman–Crippen MR) is 238 cm³/mol. The van der Waals surface area contributed by atoms with Gasteiger partial charge >= 0.3 is 0 Å². The maximum absolute atomic E-state index is 5.26. The SMILES string of the molecule is c1cncc(-c2cccc(-c3ccc4ccc(-c5ccc6nc(-c7cc(-c8ccnc9ccccc89)cc(-c8ccnc9ccccc89)c7)ccc6c5)cc4n3)c2)c1. The Labute approximate surface area is 335 Å². The van der Waals surface area contributed by atoms with Gasteiger partial charge in [0.05, 0.1) is 33.5 Å². The van der Waals surface area contributed by atoms with Gasteiger partial charge in [-0.1, -0.05) is 91.0 Å². The van der Waals surface area contributed by atoms with Crippen molar-refractivity contribution in [1.29, 1.82) is 0 Å². The van der Waals surface area contributed by atoms with Crippen molar-refractivity contribution in [2.75, 3.05) is 0 Å². The average molecular weight is 740 g/mol. The Bertz CT molecular complexity index is 3250. The first kappa shape index (κ1) is 33.4. The van der Waals surface area contributed by atoms with E-state index in [4.69, 9.17) is 9.97 Å². The van der Waals surface area contributed by atoms with Crippen molar-refractivity contribution >= 4 is 43.6 Å². The van der Waals surface area contributed by atoms with Gasteiger partial charge in [0.15, 0.2) is 0 Å². The summed E-state index contributed by atoms with van der Waals surface area (Å²) >= 11 is 0. The third kappa shape index (κ3) is 6.12. The van der Waals surface area contributed by atoms with Crippen molar-refractivity contribution in [1.82, 2.24) is 24.9 Å². The van der Waals surface area contributed by atoms with Gasteiger partial charge in [0.2, 0.25) is 0 Å². The number of nitrogens with zero attached hydrogens (tertiary/aromatic N) is 5. The number of benzene rings is 6. The molecule has 0 spiro atoms. The third-order valence-electron chi connectivity index (χ3n) is 11.0. The van der Waals surface area contributed by atoms with Crippen LogP contribution >= 0.6 is 0 Å². The summed E-state index contributed by atoms with van der Waals surface area (Å²) in [6.07, 6.45) is 7.48. The highest BCUT2D eigenvalue weighted by Crippen LogP contribution is 2.38. The molecule has 5 aromatic heterocycles. The molecule has 6 aromatic carbocycles. The average Bonchev–Trinajstić information content (AvgIpc) is 3.30. The maximum atomic E-state index is 5.26. The minimum Gasteiger partial charge on any atom is -0.264 e. The lowest BCUT2D eigenvalue weighted by Gasteiger charge is -2.14. The monoisotopic (exact) mass is 739 g/mol. The number of hydrogen-bond acceptors (Lipinski definition) is 5. The van der Waals surface area contributed by atoms with Crippen LogP contribution in [-0.4, -0.2) is 24.9 Å². The number of rotatable bonds is 6. The van der Waals surface area contributed by atoms with E-state index in [1.807, 2.05) is 36.8 Å². The lowest BCUT2D eigenvalue weighted by atomic mass is 9.92. The van der Waals surface area contributed by atoms with E-state index in [1.165, 1.54) is 0 Å². The van der Waals surface area contributed by atoms with Gasteiger partial charge in [-0.3, -0.25) is 15.0 Å². The lowest BCUT2D eigenvalue weighted by Crippen LogP contribution is -1.92. The van der Waals surface area contributed by atoms with Crippen LogP contribution in [0.4, 0.5) is 0 Å². The van der Waals surface area contributed by atoms with Crippen LogP contribution in [0, 0.1) is 0 Å². The van der Waals surface area contributed by atoms with Crippen LogP contribution < -0.4 is 0 Å². The summed E-state index contributed by atoms with van der Waals surface area (Å²) in [5.74, 6) is 0. The molecule has 5 heteroatoms. The molecule has 270 valence electrons. The highest BCUT2D eigenvalue weighted by atomic mass is 14.7. The van der Waals surface area contributed by atoms with E-state index in [0.29, 0.717) is 0 Å². The summed E-state index contributed by atoms with van der Waals surface area (Å²) < 4.78 is 0. The van der Waals surface area contributed by atoms with Crippen LogP contribution in [0.5, 0.6) is 0 Å². The fourth-order valence-electron chi connectivity index (χ4n) is 8.10. The van der Waals surface area contributed by atoms with E-state index in [9.17, 15) is 0 Å². The molecule has 0 saturated carbocycles. The lowest BCUT2D eigenvalue weighted by molar-refractivity contribution is 1.33. The summed E-state index contributed by atoms with van der Waals surface area (Å²) in [6.45, 7) is 0. The molecule has 58 heavy (non-hydrogen) atoms. The number of pyridine rings is 5. The second-order valence-corrected chi connectivity index (χ2v) is 14.6. The molecule has 0 radical (unpaired) electrons. The number of fused-ring (bicyclic) bond motifs is 4. The quantitative estimate of drug-likeness (QED) is 0.170. The largest absolute Gasteiger partial charge is 0.264 e. The van der Waals surface area contributed by atoms with Crippen molar-refractivity contribution in [3.8, 4) is 67.0 Å². The molecule has 0 fully saturated rings. The predicted octanol–water partition coefficient (Wildman–Crippen LogP) is 13.3. The van der Waals surface area contributed by atoms with Crippen LogP contribution in [0.1, 0.15) is 0 Å². The van der Waals surface area contributed by atoms with Gasteiger partial charge in [-0.25, -0.2) is 9.97 Å². The molecule has 0 aliphatic rings. The summed E-state index contributed by atoms with van der Waals surface area (Å²) in [4.78, 5) is 24.0. The molecule has 5 heterocycles. The Balaban J connectivity index is 0.973. The topological polar surface area (TPSA) is 64.5 Å². The van der Waals surface area contributed by atoms with E-state index in [2.05, 4.69) is 173 Å². The molecule has 0 atom stereocenters. The van der Waals surface area contributed by atoms with Gasteiger partial charge in [-0.2, -0.15) is 0 Å². The summed E-state index contributed by atoms with van der Waals surface area (Å²) in [5, 5.41) is 4.40. The van der Waals surface area contributed by atoms with Crippen LogP contribution in [0.2, 0.25) is 0 Å². The van der Waals surface area contributed by atoms with E-state index in [-0.39, 0.29) is 0 Å². The van der Waals surface area contributed by atoms with Crippen LogP contribution in [0.3, 0.4) is 0 Å². The molecule has 11 rings (SSSR count). The van der Waals surface area contributed by atoms with Crippen molar-refractivity contribution in [3.63, 3.8) is 0 Å². The summed E-state index contributed by atoms with van der Waals surface area (Å²) in [7, 11) is 0. The molecule has 0 N–H and O–H groups in total. The number of aromatic nitrogens is 5. The number of para-hydroxylation sites is 2. The van der Waals surface area contributed by atoms with Gasteiger partial charge in [0.1, 0.15) is 0 Å². The summed E-state index contributed by atoms with van der Waals surface area (Å²) in [6, 6.07) is 61.8. The second kappa shape index (κ2) is 14.0. The first-order valence-corrected chi connectivity index (χ1v) is 19.4. The van der Waals surface area contributed by atoms with Crippen molar-refractivity contribution in [2.45, 2.75) is 0 Å². The highest BCUT2D eigenvalue weighted by Gasteiger charge is 2.14. The molecule has 0 aliphatic carbocycles. The van der Waals surface area contributed by atoms with Crippen LogP contribution in [0.15, 0.2) is 201 Å². The van der Waals surface area contributed by atoms with Crippen molar-refractivity contribution < 1.29 is 0 Å².